The van der Waals surface area contributed by atoms with Crippen LogP contribution in [0.4, 0.5) is 10.5 Å². The maximum atomic E-state index is 13.2. The molecule has 3 amide bonds. The second kappa shape index (κ2) is 12.4. The number of anilines is 1. The third-order valence-corrected chi connectivity index (χ3v) is 7.09. The zero-order chi connectivity index (χ0) is 29.6. The summed E-state index contributed by atoms with van der Waals surface area (Å²) in [4.78, 5) is 60.6. The average molecular weight is 565 g/mol. The molecule has 3 aromatic carbocycles. The Bertz CT molecular complexity index is 1690. The van der Waals surface area contributed by atoms with Gasteiger partial charge in [0.1, 0.15) is 12.3 Å². The molecule has 0 bridgehead atoms. The average Bonchev–Trinajstić information content (AvgIpc) is 3.45. The molecule has 4 aromatic rings. The second-order valence-electron chi connectivity index (χ2n) is 9.79. The van der Waals surface area contributed by atoms with Crippen molar-refractivity contribution in [3.63, 3.8) is 0 Å². The van der Waals surface area contributed by atoms with Crippen molar-refractivity contribution in [2.75, 3.05) is 18.5 Å². The number of nitrogens with one attached hydrogen (secondary N) is 1. The van der Waals surface area contributed by atoms with E-state index in [4.69, 9.17) is 4.74 Å². The van der Waals surface area contributed by atoms with E-state index < -0.39 is 35.8 Å². The number of fused-ring (bicyclic) bond motifs is 1. The number of aromatic nitrogens is 1. The molecule has 1 aliphatic rings. The number of aliphatic imine (C=N–C) groups is 1. The van der Waals surface area contributed by atoms with E-state index in [1.165, 1.54) is 6.20 Å². The van der Waals surface area contributed by atoms with Crippen molar-refractivity contribution >= 4 is 46.0 Å². The van der Waals surface area contributed by atoms with Gasteiger partial charge < -0.3 is 15.2 Å². The number of benzene rings is 3. The predicted octanol–water partition coefficient (Wildman–Crippen LogP) is 4.90. The molecule has 2 atom stereocenters. The van der Waals surface area contributed by atoms with Gasteiger partial charge in [-0.05, 0) is 41.5 Å². The summed E-state index contributed by atoms with van der Waals surface area (Å²) in [6.07, 6.45) is 0.488. The van der Waals surface area contributed by atoms with E-state index in [2.05, 4.69) is 15.3 Å². The van der Waals surface area contributed by atoms with Gasteiger partial charge in [-0.1, -0.05) is 66.7 Å². The van der Waals surface area contributed by atoms with Crippen LogP contribution in [0.3, 0.4) is 0 Å². The Morgan fingerprint density at radius 3 is 2.45 bits per heavy atom. The van der Waals surface area contributed by atoms with Gasteiger partial charge in [0.2, 0.25) is 5.91 Å². The lowest BCUT2D eigenvalue weighted by Gasteiger charge is -2.24. The van der Waals surface area contributed by atoms with Crippen molar-refractivity contribution < 1.29 is 29.0 Å². The second-order valence-corrected chi connectivity index (χ2v) is 9.79. The molecule has 42 heavy (non-hydrogen) atoms. The van der Waals surface area contributed by atoms with Crippen LogP contribution in [-0.2, 0) is 14.3 Å². The lowest BCUT2D eigenvalue weighted by atomic mass is 9.86. The summed E-state index contributed by atoms with van der Waals surface area (Å²) in [6.45, 7) is 1.84. The molecule has 1 aromatic heterocycles. The van der Waals surface area contributed by atoms with Gasteiger partial charge in [-0.2, -0.15) is 0 Å². The van der Waals surface area contributed by atoms with E-state index in [0.29, 0.717) is 22.5 Å². The highest BCUT2D eigenvalue weighted by Crippen LogP contribution is 2.31. The Morgan fingerprint density at radius 1 is 1.00 bits per heavy atom. The minimum absolute atomic E-state index is 0.0891. The van der Waals surface area contributed by atoms with Crippen molar-refractivity contribution in [1.29, 1.82) is 0 Å². The number of imide groups is 1. The largest absolute Gasteiger partial charge is 0.480 e. The third-order valence-electron chi connectivity index (χ3n) is 7.09. The monoisotopic (exact) mass is 564 g/mol. The SMILES string of the molecule is CC(=N[C@H](C(=O)O)[C@@H](CC(=O)N1CCOC1=O)c1ccc2ccccc2c1)c1ccccc1NC(=O)c1ccccn1. The number of rotatable bonds is 9. The third kappa shape index (κ3) is 6.17. The first-order valence-electron chi connectivity index (χ1n) is 13.4. The summed E-state index contributed by atoms with van der Waals surface area (Å²) in [5, 5.41) is 15.1. The highest BCUT2D eigenvalue weighted by Gasteiger charge is 2.36. The lowest BCUT2D eigenvalue weighted by molar-refractivity contribution is -0.139. The first kappa shape index (κ1) is 28.2. The summed E-state index contributed by atoms with van der Waals surface area (Å²) in [5.74, 6) is -3.11. The predicted molar refractivity (Wildman–Crippen MR) is 157 cm³/mol. The number of carboxylic acid groups (broad SMARTS) is 1. The van der Waals surface area contributed by atoms with Crippen LogP contribution < -0.4 is 5.32 Å². The molecule has 10 heteroatoms. The van der Waals surface area contributed by atoms with Gasteiger partial charge in [0, 0.05) is 29.8 Å². The van der Waals surface area contributed by atoms with Gasteiger partial charge in [0.15, 0.2) is 6.04 Å². The summed E-state index contributed by atoms with van der Waals surface area (Å²) in [6, 6.07) is 23.6. The minimum atomic E-state index is -1.38. The number of pyridine rings is 1. The van der Waals surface area contributed by atoms with E-state index in [1.807, 2.05) is 36.4 Å². The fourth-order valence-corrected chi connectivity index (χ4v) is 4.95. The summed E-state index contributed by atoms with van der Waals surface area (Å²) >= 11 is 0. The molecule has 0 unspecified atom stereocenters. The molecular formula is C32H28N4O6. The van der Waals surface area contributed by atoms with Gasteiger partial charge in [-0.25, -0.2) is 14.5 Å². The van der Waals surface area contributed by atoms with Crippen LogP contribution >= 0.6 is 0 Å². The van der Waals surface area contributed by atoms with E-state index in [1.54, 1.807) is 55.5 Å². The number of carbonyl (C=O) groups excluding carboxylic acids is 3. The van der Waals surface area contributed by atoms with Crippen LogP contribution in [0.5, 0.6) is 0 Å². The standard InChI is InChI=1S/C32H28N4O6/c1-20(24-10-4-5-11-26(24)35-30(38)27-12-6-7-15-33-27)34-29(31(39)40)25(19-28(37)36-16-17-42-32(36)41)23-14-13-21-8-2-3-9-22(21)18-23/h2-15,18,25,29H,16-17,19H2,1H3,(H,35,38)(H,39,40)/t25-,29-/m0/s1. The van der Waals surface area contributed by atoms with Gasteiger partial charge in [-0.3, -0.25) is 19.6 Å². The number of cyclic esters (lactones) is 1. The van der Waals surface area contributed by atoms with Gasteiger partial charge >= 0.3 is 12.1 Å². The molecule has 0 spiro atoms. The molecule has 0 radical (unpaired) electrons. The van der Waals surface area contributed by atoms with Crippen LogP contribution in [0, 0.1) is 0 Å². The Morgan fingerprint density at radius 2 is 1.74 bits per heavy atom. The lowest BCUT2D eigenvalue weighted by Crippen LogP contribution is -2.36. The molecule has 5 rings (SSSR count). The number of carbonyl (C=O) groups is 4. The maximum Gasteiger partial charge on any atom is 0.416 e. The quantitative estimate of drug-likeness (QED) is 0.276. The van der Waals surface area contributed by atoms with E-state index in [0.717, 1.165) is 15.7 Å². The number of amides is 3. The van der Waals surface area contributed by atoms with E-state index in [9.17, 15) is 24.3 Å². The zero-order valence-corrected chi connectivity index (χ0v) is 22.8. The van der Waals surface area contributed by atoms with Crippen LogP contribution in [-0.4, -0.2) is 63.8 Å². The van der Waals surface area contributed by atoms with Crippen LogP contribution in [0.25, 0.3) is 10.8 Å². The van der Waals surface area contributed by atoms with E-state index >= 15 is 0 Å². The Balaban J connectivity index is 1.52. The fraction of sp³-hybridized carbons (Fsp3) is 0.188. The van der Waals surface area contributed by atoms with Crippen molar-refractivity contribution in [2.24, 2.45) is 4.99 Å². The van der Waals surface area contributed by atoms with E-state index in [-0.39, 0.29) is 25.3 Å². The number of para-hydroxylation sites is 1. The van der Waals surface area contributed by atoms with Crippen molar-refractivity contribution in [1.82, 2.24) is 9.88 Å². The maximum absolute atomic E-state index is 13.2. The molecule has 1 aliphatic heterocycles. The van der Waals surface area contributed by atoms with Crippen LogP contribution in [0.15, 0.2) is 96.1 Å². The smallest absolute Gasteiger partial charge is 0.416 e. The molecule has 2 heterocycles. The normalized spacial score (nSPS) is 14.7. The topological polar surface area (TPSA) is 138 Å². The summed E-state index contributed by atoms with van der Waals surface area (Å²) in [7, 11) is 0. The molecule has 1 fully saturated rings. The van der Waals surface area contributed by atoms with Gasteiger partial charge in [0.25, 0.3) is 5.91 Å². The zero-order valence-electron chi connectivity index (χ0n) is 22.8. The highest BCUT2D eigenvalue weighted by atomic mass is 16.6. The van der Waals surface area contributed by atoms with Crippen molar-refractivity contribution in [3.05, 3.63) is 108 Å². The summed E-state index contributed by atoms with van der Waals surface area (Å²) < 4.78 is 4.92. The molecule has 1 saturated heterocycles. The fourth-order valence-electron chi connectivity index (χ4n) is 4.95. The Hall–Kier alpha value is -5.38. The molecule has 212 valence electrons. The Kier molecular flexibility index (Phi) is 8.33. The number of hydrogen-bond acceptors (Lipinski definition) is 7. The van der Waals surface area contributed by atoms with Crippen molar-refractivity contribution in [2.45, 2.75) is 25.3 Å². The van der Waals surface area contributed by atoms with Crippen molar-refractivity contribution in [3.8, 4) is 0 Å². The van der Waals surface area contributed by atoms with Crippen LogP contribution in [0.1, 0.15) is 40.9 Å². The first-order chi connectivity index (χ1) is 20.3. The number of nitrogens with zero attached hydrogens (tertiary/aromatic N) is 3. The Labute approximate surface area is 241 Å². The van der Waals surface area contributed by atoms with Gasteiger partial charge in [0.05, 0.1) is 12.2 Å². The van der Waals surface area contributed by atoms with Crippen LogP contribution in [0.2, 0.25) is 0 Å². The highest BCUT2D eigenvalue weighted by molar-refractivity contribution is 6.10. The molecular weight excluding hydrogens is 536 g/mol. The number of hydrogen-bond donors (Lipinski definition) is 2. The van der Waals surface area contributed by atoms with Gasteiger partial charge in [-0.15, -0.1) is 0 Å². The minimum Gasteiger partial charge on any atom is -0.480 e. The molecule has 0 saturated carbocycles. The molecule has 2 N–H and O–H groups in total. The molecule has 0 aliphatic carbocycles. The number of ether oxygens (including phenoxy) is 1. The number of aliphatic carboxylic acids is 1. The summed E-state index contributed by atoms with van der Waals surface area (Å²) in [5.41, 5.74) is 2.10. The molecule has 10 nitrogen and oxygen atoms in total. The number of carboxylic acids is 1. The first-order valence-corrected chi connectivity index (χ1v) is 13.4.